The van der Waals surface area contributed by atoms with Crippen molar-refractivity contribution in [2.75, 3.05) is 5.32 Å². The van der Waals surface area contributed by atoms with Gasteiger partial charge < -0.3 is 10.4 Å². The zero-order chi connectivity index (χ0) is 13.1. The second-order valence-corrected chi connectivity index (χ2v) is 3.78. The highest BCUT2D eigenvalue weighted by Crippen LogP contribution is 2.20. The summed E-state index contributed by atoms with van der Waals surface area (Å²) in [6.45, 7) is 3.37. The molecule has 0 aliphatic heterocycles. The number of benzene rings is 2. The van der Waals surface area contributed by atoms with Gasteiger partial charge in [-0.25, -0.2) is 4.79 Å². The quantitative estimate of drug-likeness (QED) is 0.812. The average molecular weight is 241 g/mol. The molecule has 0 radical (unpaired) electrons. The van der Waals surface area contributed by atoms with Crippen molar-refractivity contribution in [2.24, 2.45) is 0 Å². The Morgan fingerprint density at radius 1 is 1.11 bits per heavy atom. The van der Waals surface area contributed by atoms with Crippen LogP contribution in [0.3, 0.4) is 0 Å². The normalized spacial score (nSPS) is 10.0. The molecule has 4 heteroatoms. The van der Waals surface area contributed by atoms with Gasteiger partial charge in [0.1, 0.15) is 0 Å². The number of fused-ring (bicyclic) bond motifs is 1. The molecule has 2 aromatic carbocycles. The lowest BCUT2D eigenvalue weighted by atomic mass is 10.1. The van der Waals surface area contributed by atoms with Crippen molar-refractivity contribution in [1.82, 2.24) is 0 Å². The molecule has 0 saturated heterocycles. The molecule has 0 unspecified atom stereocenters. The summed E-state index contributed by atoms with van der Waals surface area (Å²) in [5, 5.41) is 13.2. The molecule has 0 bridgehead atoms. The van der Waals surface area contributed by atoms with Gasteiger partial charge in [0.15, 0.2) is 0 Å². The van der Waals surface area contributed by atoms with Gasteiger partial charge in [-0.2, -0.15) is 0 Å². The number of carbonyl (C=O) groups is 2. The number of carboxylic acid groups (broad SMARTS) is 1. The number of carbonyl (C=O) groups excluding carboxylic acids is 1. The number of amides is 1. The molecule has 90 valence electrons. The number of hydrogen-bond donors (Lipinski definition) is 2. The van der Waals surface area contributed by atoms with Gasteiger partial charge >= 0.3 is 5.97 Å². The van der Waals surface area contributed by atoms with Crippen molar-refractivity contribution in [1.29, 1.82) is 0 Å². The van der Waals surface area contributed by atoms with Gasteiger partial charge in [-0.05, 0) is 41.1 Å². The highest BCUT2D eigenvalue weighted by molar-refractivity contribution is 6.01. The van der Waals surface area contributed by atoms with E-state index in [0.717, 1.165) is 10.8 Å². The van der Waals surface area contributed by atoms with Gasteiger partial charge in [0.25, 0.3) is 0 Å². The van der Waals surface area contributed by atoms with Crippen molar-refractivity contribution in [3.8, 4) is 0 Å². The van der Waals surface area contributed by atoms with E-state index in [2.05, 4.69) is 11.9 Å². The third kappa shape index (κ3) is 2.38. The molecule has 2 rings (SSSR count). The second-order valence-electron chi connectivity index (χ2n) is 3.78. The van der Waals surface area contributed by atoms with Crippen LogP contribution in [0.1, 0.15) is 10.4 Å². The molecular formula is C14H11NO3. The van der Waals surface area contributed by atoms with E-state index < -0.39 is 5.97 Å². The SMILES string of the molecule is C=CC(=O)Nc1ccc2cc(C(=O)O)ccc2c1. The molecule has 2 aromatic rings. The summed E-state index contributed by atoms with van der Waals surface area (Å²) in [5.74, 6) is -1.24. The Labute approximate surface area is 104 Å². The van der Waals surface area contributed by atoms with Crippen LogP contribution in [0, 0.1) is 0 Å². The van der Waals surface area contributed by atoms with Crippen molar-refractivity contribution in [3.63, 3.8) is 0 Å². The summed E-state index contributed by atoms with van der Waals surface area (Å²) in [4.78, 5) is 22.0. The smallest absolute Gasteiger partial charge is 0.335 e. The fourth-order valence-corrected chi connectivity index (χ4v) is 1.65. The third-order valence-corrected chi connectivity index (χ3v) is 2.54. The molecule has 0 aliphatic rings. The molecule has 0 atom stereocenters. The van der Waals surface area contributed by atoms with Gasteiger partial charge in [-0.3, -0.25) is 4.79 Å². The van der Waals surface area contributed by atoms with E-state index in [1.165, 1.54) is 12.1 Å². The van der Waals surface area contributed by atoms with E-state index in [4.69, 9.17) is 5.11 Å². The molecule has 0 fully saturated rings. The fourth-order valence-electron chi connectivity index (χ4n) is 1.65. The van der Waals surface area contributed by atoms with Crippen LogP contribution >= 0.6 is 0 Å². The standard InChI is InChI=1S/C14H11NO3/c1-2-13(16)15-12-6-5-9-7-11(14(17)18)4-3-10(9)8-12/h2-8H,1H2,(H,15,16)(H,17,18). The molecular weight excluding hydrogens is 230 g/mol. The molecule has 1 amide bonds. The maximum absolute atomic E-state index is 11.2. The van der Waals surface area contributed by atoms with Gasteiger partial charge in [0, 0.05) is 5.69 Å². The Balaban J connectivity index is 2.41. The fraction of sp³-hybridized carbons (Fsp3) is 0. The first kappa shape index (κ1) is 11.9. The maximum atomic E-state index is 11.2. The maximum Gasteiger partial charge on any atom is 0.335 e. The van der Waals surface area contributed by atoms with Crippen molar-refractivity contribution in [3.05, 3.63) is 54.6 Å². The lowest BCUT2D eigenvalue weighted by molar-refractivity contribution is -0.111. The van der Waals surface area contributed by atoms with Gasteiger partial charge in [0.2, 0.25) is 5.91 Å². The number of nitrogens with one attached hydrogen (secondary N) is 1. The van der Waals surface area contributed by atoms with Crippen LogP contribution in [0.5, 0.6) is 0 Å². The topological polar surface area (TPSA) is 66.4 Å². The molecule has 2 N–H and O–H groups in total. The number of hydrogen-bond acceptors (Lipinski definition) is 2. The van der Waals surface area contributed by atoms with Gasteiger partial charge in [-0.15, -0.1) is 0 Å². The monoisotopic (exact) mass is 241 g/mol. The van der Waals surface area contributed by atoms with E-state index >= 15 is 0 Å². The van der Waals surface area contributed by atoms with Gasteiger partial charge in [0.05, 0.1) is 5.56 Å². The summed E-state index contributed by atoms with van der Waals surface area (Å²) in [7, 11) is 0. The summed E-state index contributed by atoms with van der Waals surface area (Å²) in [6, 6.07) is 10.1. The first-order chi connectivity index (χ1) is 8.60. The minimum atomic E-state index is -0.957. The summed E-state index contributed by atoms with van der Waals surface area (Å²) < 4.78 is 0. The molecule has 4 nitrogen and oxygen atoms in total. The van der Waals surface area contributed by atoms with Crippen LogP contribution < -0.4 is 5.32 Å². The summed E-state index contributed by atoms with van der Waals surface area (Å²) in [5.41, 5.74) is 0.890. The highest BCUT2D eigenvalue weighted by Gasteiger charge is 2.04. The molecule has 0 spiro atoms. The van der Waals surface area contributed by atoms with E-state index in [-0.39, 0.29) is 11.5 Å². The summed E-state index contributed by atoms with van der Waals surface area (Å²) >= 11 is 0. The van der Waals surface area contributed by atoms with Crippen LogP contribution in [0.25, 0.3) is 10.8 Å². The van der Waals surface area contributed by atoms with Crippen molar-refractivity contribution < 1.29 is 14.7 Å². The second kappa shape index (κ2) is 4.71. The Bertz CT molecular complexity index is 647. The zero-order valence-electron chi connectivity index (χ0n) is 9.51. The zero-order valence-corrected chi connectivity index (χ0v) is 9.51. The highest BCUT2D eigenvalue weighted by atomic mass is 16.4. The van der Waals surface area contributed by atoms with E-state index in [1.54, 1.807) is 30.3 Å². The van der Waals surface area contributed by atoms with Crippen LogP contribution in [0.2, 0.25) is 0 Å². The Morgan fingerprint density at radius 2 is 1.78 bits per heavy atom. The van der Waals surface area contributed by atoms with Crippen LogP contribution in [-0.4, -0.2) is 17.0 Å². The number of rotatable bonds is 3. The molecule has 0 aliphatic carbocycles. The first-order valence-electron chi connectivity index (χ1n) is 5.30. The minimum absolute atomic E-state index is 0.241. The van der Waals surface area contributed by atoms with E-state index in [0.29, 0.717) is 5.69 Å². The lowest BCUT2D eigenvalue weighted by Gasteiger charge is -2.05. The molecule has 0 heterocycles. The van der Waals surface area contributed by atoms with Crippen molar-refractivity contribution >= 4 is 28.3 Å². The largest absolute Gasteiger partial charge is 0.478 e. The minimum Gasteiger partial charge on any atom is -0.478 e. The van der Waals surface area contributed by atoms with Crippen molar-refractivity contribution in [2.45, 2.75) is 0 Å². The van der Waals surface area contributed by atoms with E-state index in [9.17, 15) is 9.59 Å². The number of carboxylic acids is 1. The van der Waals surface area contributed by atoms with Crippen LogP contribution in [0.15, 0.2) is 49.1 Å². The Hall–Kier alpha value is -2.62. The molecule has 0 saturated carbocycles. The molecule has 18 heavy (non-hydrogen) atoms. The lowest BCUT2D eigenvalue weighted by Crippen LogP contribution is -2.06. The number of aromatic carboxylic acids is 1. The van der Waals surface area contributed by atoms with Crippen LogP contribution in [-0.2, 0) is 4.79 Å². The third-order valence-electron chi connectivity index (χ3n) is 2.54. The Kier molecular flexibility index (Phi) is 3.10. The predicted octanol–water partition coefficient (Wildman–Crippen LogP) is 2.66. The number of anilines is 1. The Morgan fingerprint density at radius 3 is 2.44 bits per heavy atom. The van der Waals surface area contributed by atoms with E-state index in [1.807, 2.05) is 0 Å². The predicted molar refractivity (Wildman–Crippen MR) is 69.7 cm³/mol. The first-order valence-corrected chi connectivity index (χ1v) is 5.30. The average Bonchev–Trinajstić information content (AvgIpc) is 2.37. The van der Waals surface area contributed by atoms with Gasteiger partial charge in [-0.1, -0.05) is 18.7 Å². The summed E-state index contributed by atoms with van der Waals surface area (Å²) in [6.07, 6.45) is 1.19. The molecule has 0 aromatic heterocycles. The van der Waals surface area contributed by atoms with Crippen LogP contribution in [0.4, 0.5) is 5.69 Å².